The quantitative estimate of drug-likeness (QED) is 0.749. The third kappa shape index (κ3) is 4.69. The molecule has 2 aromatic carbocycles. The molecule has 1 heterocycles. The monoisotopic (exact) mass is 373 g/mol. The summed E-state index contributed by atoms with van der Waals surface area (Å²) in [6, 6.07) is 19.1. The first-order chi connectivity index (χ1) is 12.6. The summed E-state index contributed by atoms with van der Waals surface area (Å²) in [4.78, 5) is 12.4. The number of carbonyl (C=O) groups is 1. The van der Waals surface area contributed by atoms with Crippen LogP contribution in [0.2, 0.25) is 0 Å². The second-order valence-corrected chi connectivity index (χ2v) is 8.02. The topological polar surface area (TPSA) is 69.7 Å². The summed E-state index contributed by atoms with van der Waals surface area (Å²) in [5, 5.41) is 0. The van der Waals surface area contributed by atoms with Gasteiger partial charge in [-0.25, -0.2) is 0 Å². The first-order valence-corrected chi connectivity index (χ1v) is 10.1. The lowest BCUT2D eigenvalue weighted by atomic mass is 10.00. The molecule has 0 radical (unpaired) electrons. The highest BCUT2D eigenvalue weighted by Crippen LogP contribution is 2.20. The van der Waals surface area contributed by atoms with E-state index in [2.05, 4.69) is 4.72 Å². The summed E-state index contributed by atoms with van der Waals surface area (Å²) in [5.41, 5.74) is 1.99. The molecule has 1 N–H and O–H groups in total. The standard InChI is InChI=1S/C19H23N3O3S/c23-16-21-11-13-22(14-12-21)26(24,25)20-19(18-9-5-2-6-10-18)15-17-7-3-1-4-8-17/h1-10,16,19-20H,11-15H2/t19-/m1/s1. The number of hydrogen-bond acceptors (Lipinski definition) is 3. The number of benzene rings is 2. The van der Waals surface area contributed by atoms with Crippen LogP contribution in [0.5, 0.6) is 0 Å². The molecule has 2 aromatic rings. The largest absolute Gasteiger partial charge is 0.343 e. The van der Waals surface area contributed by atoms with E-state index >= 15 is 0 Å². The Morgan fingerprint density at radius 3 is 2.08 bits per heavy atom. The second-order valence-electron chi connectivity index (χ2n) is 6.32. The molecule has 138 valence electrons. The third-order valence-electron chi connectivity index (χ3n) is 4.54. The normalized spacial score (nSPS) is 17.0. The van der Waals surface area contributed by atoms with Crippen molar-refractivity contribution < 1.29 is 13.2 Å². The van der Waals surface area contributed by atoms with Gasteiger partial charge in [0.2, 0.25) is 6.41 Å². The molecule has 0 saturated carbocycles. The lowest BCUT2D eigenvalue weighted by Crippen LogP contribution is -2.52. The van der Waals surface area contributed by atoms with Crippen LogP contribution in [0.25, 0.3) is 0 Å². The van der Waals surface area contributed by atoms with Gasteiger partial charge in [0.15, 0.2) is 0 Å². The smallest absolute Gasteiger partial charge is 0.280 e. The number of carbonyl (C=O) groups excluding carboxylic acids is 1. The van der Waals surface area contributed by atoms with E-state index in [0.717, 1.165) is 17.5 Å². The minimum Gasteiger partial charge on any atom is -0.343 e. The fourth-order valence-corrected chi connectivity index (χ4v) is 4.44. The summed E-state index contributed by atoms with van der Waals surface area (Å²) in [5.74, 6) is 0. The van der Waals surface area contributed by atoms with Gasteiger partial charge in [0.1, 0.15) is 0 Å². The van der Waals surface area contributed by atoms with Crippen molar-refractivity contribution in [3.63, 3.8) is 0 Å². The number of nitrogens with zero attached hydrogens (tertiary/aromatic N) is 2. The number of piperazine rings is 1. The van der Waals surface area contributed by atoms with E-state index in [1.807, 2.05) is 60.7 Å². The maximum atomic E-state index is 12.9. The molecule has 7 heteroatoms. The van der Waals surface area contributed by atoms with Gasteiger partial charge in [0, 0.05) is 26.2 Å². The molecule has 0 spiro atoms. The van der Waals surface area contributed by atoms with Gasteiger partial charge in [-0.1, -0.05) is 60.7 Å². The molecule has 26 heavy (non-hydrogen) atoms. The lowest BCUT2D eigenvalue weighted by Gasteiger charge is -2.33. The SMILES string of the molecule is O=CN1CCN(S(=O)(=O)N[C@H](Cc2ccccc2)c2ccccc2)CC1. The molecule has 0 aromatic heterocycles. The number of amides is 1. The Morgan fingerprint density at radius 1 is 0.923 bits per heavy atom. The van der Waals surface area contributed by atoms with Crippen LogP contribution in [-0.4, -0.2) is 50.2 Å². The lowest BCUT2D eigenvalue weighted by molar-refractivity contribution is -0.119. The van der Waals surface area contributed by atoms with Crippen LogP contribution in [-0.2, 0) is 21.4 Å². The van der Waals surface area contributed by atoms with Gasteiger partial charge >= 0.3 is 0 Å². The molecular weight excluding hydrogens is 350 g/mol. The van der Waals surface area contributed by atoms with Gasteiger partial charge in [-0.2, -0.15) is 17.4 Å². The molecular formula is C19H23N3O3S. The van der Waals surface area contributed by atoms with Crippen molar-refractivity contribution >= 4 is 16.6 Å². The Hall–Kier alpha value is -2.22. The second kappa shape index (κ2) is 8.44. The number of nitrogens with one attached hydrogen (secondary N) is 1. The Labute approximate surface area is 154 Å². The van der Waals surface area contributed by atoms with Crippen LogP contribution in [0.4, 0.5) is 0 Å². The third-order valence-corrected chi connectivity index (χ3v) is 6.17. The van der Waals surface area contributed by atoms with E-state index in [4.69, 9.17) is 0 Å². The van der Waals surface area contributed by atoms with Gasteiger partial charge in [-0.15, -0.1) is 0 Å². The molecule has 1 aliphatic rings. The van der Waals surface area contributed by atoms with Gasteiger partial charge < -0.3 is 4.90 Å². The minimum absolute atomic E-state index is 0.306. The van der Waals surface area contributed by atoms with Crippen molar-refractivity contribution in [3.05, 3.63) is 71.8 Å². The maximum Gasteiger partial charge on any atom is 0.280 e. The van der Waals surface area contributed by atoms with E-state index < -0.39 is 10.2 Å². The molecule has 3 rings (SSSR count). The van der Waals surface area contributed by atoms with Crippen molar-refractivity contribution in [1.29, 1.82) is 0 Å². The van der Waals surface area contributed by atoms with Gasteiger partial charge in [-0.05, 0) is 17.5 Å². The van der Waals surface area contributed by atoms with Crippen molar-refractivity contribution in [2.75, 3.05) is 26.2 Å². The van der Waals surface area contributed by atoms with Crippen molar-refractivity contribution in [3.8, 4) is 0 Å². The zero-order chi connectivity index (χ0) is 18.4. The average Bonchev–Trinajstić information content (AvgIpc) is 2.69. The van der Waals surface area contributed by atoms with E-state index in [1.54, 1.807) is 4.90 Å². The van der Waals surface area contributed by atoms with E-state index in [0.29, 0.717) is 32.6 Å². The molecule has 0 aliphatic carbocycles. The Balaban J connectivity index is 1.77. The molecule has 1 fully saturated rings. The Bertz CT molecular complexity index is 804. The minimum atomic E-state index is -3.64. The first-order valence-electron chi connectivity index (χ1n) is 8.64. The summed E-state index contributed by atoms with van der Waals surface area (Å²) in [7, 11) is -3.64. The first kappa shape index (κ1) is 18.6. The highest BCUT2D eigenvalue weighted by Gasteiger charge is 2.29. The molecule has 1 aliphatic heterocycles. The fourth-order valence-electron chi connectivity index (χ4n) is 3.07. The summed E-state index contributed by atoms with van der Waals surface area (Å²) >= 11 is 0. The highest BCUT2D eigenvalue weighted by molar-refractivity contribution is 7.87. The van der Waals surface area contributed by atoms with Crippen molar-refractivity contribution in [2.45, 2.75) is 12.5 Å². The summed E-state index contributed by atoms with van der Waals surface area (Å²) < 4.78 is 30.0. The Kier molecular flexibility index (Phi) is 6.03. The maximum absolute atomic E-state index is 12.9. The van der Waals surface area contributed by atoms with Crippen LogP contribution in [0.15, 0.2) is 60.7 Å². The predicted molar refractivity (Wildman–Crippen MR) is 101 cm³/mol. The predicted octanol–water partition coefficient (Wildman–Crippen LogP) is 1.58. The van der Waals surface area contributed by atoms with Crippen LogP contribution in [0, 0.1) is 0 Å². The van der Waals surface area contributed by atoms with Crippen LogP contribution >= 0.6 is 0 Å². The van der Waals surface area contributed by atoms with E-state index in [1.165, 1.54) is 4.31 Å². The van der Waals surface area contributed by atoms with E-state index in [9.17, 15) is 13.2 Å². The van der Waals surface area contributed by atoms with Crippen molar-refractivity contribution in [1.82, 2.24) is 13.9 Å². The van der Waals surface area contributed by atoms with Gasteiger partial charge in [-0.3, -0.25) is 4.79 Å². The fraction of sp³-hybridized carbons (Fsp3) is 0.316. The van der Waals surface area contributed by atoms with Crippen molar-refractivity contribution in [2.24, 2.45) is 0 Å². The molecule has 1 saturated heterocycles. The highest BCUT2D eigenvalue weighted by atomic mass is 32.2. The zero-order valence-corrected chi connectivity index (χ0v) is 15.3. The van der Waals surface area contributed by atoms with Crippen LogP contribution < -0.4 is 4.72 Å². The molecule has 0 bridgehead atoms. The summed E-state index contributed by atoms with van der Waals surface area (Å²) in [6.07, 6.45) is 1.33. The zero-order valence-electron chi connectivity index (χ0n) is 14.5. The van der Waals surface area contributed by atoms with E-state index in [-0.39, 0.29) is 6.04 Å². The summed E-state index contributed by atoms with van der Waals surface area (Å²) in [6.45, 7) is 1.44. The number of hydrogen-bond donors (Lipinski definition) is 1. The number of rotatable bonds is 7. The molecule has 1 amide bonds. The molecule has 0 unspecified atom stereocenters. The van der Waals surface area contributed by atoms with Gasteiger partial charge in [0.05, 0.1) is 6.04 Å². The van der Waals surface area contributed by atoms with Crippen LogP contribution in [0.3, 0.4) is 0 Å². The molecule has 1 atom stereocenters. The van der Waals surface area contributed by atoms with Crippen LogP contribution in [0.1, 0.15) is 17.2 Å². The molecule has 6 nitrogen and oxygen atoms in total. The van der Waals surface area contributed by atoms with Gasteiger partial charge in [0.25, 0.3) is 10.2 Å². The average molecular weight is 373 g/mol. The Morgan fingerprint density at radius 2 is 1.50 bits per heavy atom.